The molecule has 1 aromatic rings. The molecular formula is C11H6F2N2O2. The van der Waals surface area contributed by atoms with Gasteiger partial charge in [0.05, 0.1) is 18.7 Å². The molecule has 0 bridgehead atoms. The Bertz CT molecular complexity index is 544. The van der Waals surface area contributed by atoms with Gasteiger partial charge in [0.1, 0.15) is 17.7 Å². The molecule has 0 saturated heterocycles. The lowest BCUT2D eigenvalue weighted by atomic mass is 9.98. The Morgan fingerprint density at radius 2 is 2.00 bits per heavy atom. The zero-order chi connectivity index (χ0) is 13.0. The number of rotatable bonds is 2. The quantitative estimate of drug-likeness (QED) is 0.731. The van der Waals surface area contributed by atoms with Crippen LogP contribution in [0.15, 0.2) is 12.1 Å². The number of halogens is 2. The van der Waals surface area contributed by atoms with Crippen molar-refractivity contribution in [1.82, 2.24) is 0 Å². The van der Waals surface area contributed by atoms with Crippen LogP contribution in [0.4, 0.5) is 8.78 Å². The molecule has 1 atom stereocenters. The Morgan fingerprint density at radius 1 is 1.35 bits per heavy atom. The van der Waals surface area contributed by atoms with Gasteiger partial charge in [-0.05, 0) is 12.1 Å². The SMILES string of the molecule is COC(=O)C(C#N)c1cc(F)c(C#N)cc1F. The van der Waals surface area contributed by atoms with Gasteiger partial charge in [0, 0.05) is 5.56 Å². The summed E-state index contributed by atoms with van der Waals surface area (Å²) >= 11 is 0. The van der Waals surface area contributed by atoms with Gasteiger partial charge in [-0.15, -0.1) is 0 Å². The molecule has 0 fully saturated rings. The van der Waals surface area contributed by atoms with Crippen LogP contribution in [-0.4, -0.2) is 13.1 Å². The van der Waals surface area contributed by atoms with E-state index >= 15 is 0 Å². The number of hydrogen-bond donors (Lipinski definition) is 0. The second-order valence-corrected chi connectivity index (χ2v) is 3.05. The minimum Gasteiger partial charge on any atom is -0.468 e. The topological polar surface area (TPSA) is 73.9 Å². The summed E-state index contributed by atoms with van der Waals surface area (Å²) in [5, 5.41) is 17.2. The Balaban J connectivity index is 3.33. The van der Waals surface area contributed by atoms with E-state index in [2.05, 4.69) is 4.74 Å². The van der Waals surface area contributed by atoms with Gasteiger partial charge in [0.25, 0.3) is 0 Å². The monoisotopic (exact) mass is 236 g/mol. The fraction of sp³-hybridized carbons (Fsp3) is 0.182. The van der Waals surface area contributed by atoms with E-state index in [1.54, 1.807) is 0 Å². The number of esters is 1. The number of ether oxygens (including phenoxy) is 1. The molecule has 1 unspecified atom stereocenters. The van der Waals surface area contributed by atoms with Crippen molar-refractivity contribution in [3.8, 4) is 12.1 Å². The standard InChI is InChI=1S/C11H6F2N2O2/c1-17-11(16)8(5-15)7-3-9(12)6(4-14)2-10(7)13/h2-3,8H,1H3. The molecule has 0 amide bonds. The zero-order valence-corrected chi connectivity index (χ0v) is 8.70. The lowest BCUT2D eigenvalue weighted by Crippen LogP contribution is -2.14. The molecule has 17 heavy (non-hydrogen) atoms. The van der Waals surface area contributed by atoms with Crippen LogP contribution in [0.1, 0.15) is 17.0 Å². The van der Waals surface area contributed by atoms with Crippen molar-refractivity contribution in [1.29, 1.82) is 10.5 Å². The molecule has 0 heterocycles. The van der Waals surface area contributed by atoms with E-state index in [4.69, 9.17) is 10.5 Å². The van der Waals surface area contributed by atoms with Crippen molar-refractivity contribution >= 4 is 5.97 Å². The Kier molecular flexibility index (Phi) is 3.74. The number of benzene rings is 1. The van der Waals surface area contributed by atoms with Gasteiger partial charge in [-0.3, -0.25) is 4.79 Å². The van der Waals surface area contributed by atoms with E-state index in [9.17, 15) is 13.6 Å². The summed E-state index contributed by atoms with van der Waals surface area (Å²) in [6.07, 6.45) is 0. The molecule has 0 aromatic heterocycles. The van der Waals surface area contributed by atoms with E-state index in [1.165, 1.54) is 12.1 Å². The van der Waals surface area contributed by atoms with Crippen molar-refractivity contribution in [2.45, 2.75) is 5.92 Å². The minimum absolute atomic E-state index is 0.448. The molecule has 0 spiro atoms. The maximum absolute atomic E-state index is 13.5. The second kappa shape index (κ2) is 5.04. The predicted octanol–water partition coefficient (Wildman–Crippen LogP) is 1.62. The molecule has 0 radical (unpaired) electrons. The third-order valence-corrected chi connectivity index (χ3v) is 2.08. The summed E-state index contributed by atoms with van der Waals surface area (Å²) in [6, 6.07) is 4.25. The predicted molar refractivity (Wildman–Crippen MR) is 51.4 cm³/mol. The van der Waals surface area contributed by atoms with Gasteiger partial charge in [0.15, 0.2) is 5.92 Å². The second-order valence-electron chi connectivity index (χ2n) is 3.05. The molecule has 86 valence electrons. The van der Waals surface area contributed by atoms with E-state index in [-0.39, 0.29) is 0 Å². The van der Waals surface area contributed by atoms with Crippen LogP contribution in [-0.2, 0) is 9.53 Å². The molecule has 0 aliphatic heterocycles. The van der Waals surface area contributed by atoms with Crippen molar-refractivity contribution in [2.75, 3.05) is 7.11 Å². The van der Waals surface area contributed by atoms with Gasteiger partial charge >= 0.3 is 5.97 Å². The Morgan fingerprint density at radius 3 is 2.47 bits per heavy atom. The van der Waals surface area contributed by atoms with Crippen LogP contribution in [0.5, 0.6) is 0 Å². The lowest BCUT2D eigenvalue weighted by Gasteiger charge is -2.08. The summed E-state index contributed by atoms with van der Waals surface area (Å²) < 4.78 is 31.0. The van der Waals surface area contributed by atoms with Crippen LogP contribution in [0, 0.1) is 34.3 Å². The maximum atomic E-state index is 13.5. The van der Waals surface area contributed by atoms with Gasteiger partial charge < -0.3 is 4.74 Å². The fourth-order valence-electron chi connectivity index (χ4n) is 1.24. The minimum atomic E-state index is -1.55. The first-order valence-corrected chi connectivity index (χ1v) is 4.41. The molecule has 1 aromatic carbocycles. The van der Waals surface area contributed by atoms with Crippen molar-refractivity contribution < 1.29 is 18.3 Å². The van der Waals surface area contributed by atoms with Gasteiger partial charge in [-0.2, -0.15) is 10.5 Å². The number of carbonyl (C=O) groups excluding carboxylic acids is 1. The molecule has 0 saturated carbocycles. The largest absolute Gasteiger partial charge is 0.468 e. The number of carbonyl (C=O) groups is 1. The first-order valence-electron chi connectivity index (χ1n) is 4.41. The van der Waals surface area contributed by atoms with Gasteiger partial charge in [-0.1, -0.05) is 0 Å². The normalized spacial score (nSPS) is 11.1. The zero-order valence-electron chi connectivity index (χ0n) is 8.70. The van der Waals surface area contributed by atoms with E-state index < -0.39 is 34.6 Å². The number of nitrogens with zero attached hydrogens (tertiary/aromatic N) is 2. The van der Waals surface area contributed by atoms with E-state index in [1.807, 2.05) is 0 Å². The number of hydrogen-bond acceptors (Lipinski definition) is 4. The Hall–Kier alpha value is -2.47. The highest BCUT2D eigenvalue weighted by atomic mass is 19.1. The summed E-state index contributed by atoms with van der Waals surface area (Å²) in [6.45, 7) is 0. The van der Waals surface area contributed by atoms with Crippen molar-refractivity contribution in [3.05, 3.63) is 34.9 Å². The molecule has 0 N–H and O–H groups in total. The summed E-state index contributed by atoms with van der Waals surface area (Å²) in [4.78, 5) is 11.2. The van der Waals surface area contributed by atoms with Crippen LogP contribution < -0.4 is 0 Å². The molecule has 6 heteroatoms. The Labute approximate surface area is 95.6 Å². The van der Waals surface area contributed by atoms with E-state index in [0.29, 0.717) is 12.1 Å². The first kappa shape index (κ1) is 12.6. The average Bonchev–Trinajstić information content (AvgIpc) is 2.33. The number of nitriles is 2. The summed E-state index contributed by atoms with van der Waals surface area (Å²) in [5.41, 5.74) is -0.941. The summed E-state index contributed by atoms with van der Waals surface area (Å²) in [5.74, 6) is -4.54. The molecule has 1 rings (SSSR count). The van der Waals surface area contributed by atoms with Crippen molar-refractivity contribution in [2.24, 2.45) is 0 Å². The van der Waals surface area contributed by atoms with Gasteiger partial charge in [0.2, 0.25) is 0 Å². The molecule has 4 nitrogen and oxygen atoms in total. The molecule has 0 aliphatic rings. The smallest absolute Gasteiger partial charge is 0.327 e. The highest BCUT2D eigenvalue weighted by molar-refractivity contribution is 5.81. The van der Waals surface area contributed by atoms with Crippen LogP contribution >= 0.6 is 0 Å². The first-order chi connectivity index (χ1) is 8.04. The third-order valence-electron chi connectivity index (χ3n) is 2.08. The average molecular weight is 236 g/mol. The van der Waals surface area contributed by atoms with Gasteiger partial charge in [-0.25, -0.2) is 8.78 Å². The molecular weight excluding hydrogens is 230 g/mol. The van der Waals surface area contributed by atoms with Crippen molar-refractivity contribution in [3.63, 3.8) is 0 Å². The highest BCUT2D eigenvalue weighted by Gasteiger charge is 2.25. The molecule has 0 aliphatic carbocycles. The summed E-state index contributed by atoms with van der Waals surface area (Å²) in [7, 11) is 1.03. The maximum Gasteiger partial charge on any atom is 0.327 e. The van der Waals surface area contributed by atoms with E-state index in [0.717, 1.165) is 7.11 Å². The van der Waals surface area contributed by atoms with Crippen LogP contribution in [0.2, 0.25) is 0 Å². The third kappa shape index (κ3) is 2.37. The fourth-order valence-corrected chi connectivity index (χ4v) is 1.24. The van der Waals surface area contributed by atoms with Crippen LogP contribution in [0.3, 0.4) is 0 Å². The number of methoxy groups -OCH3 is 1. The highest BCUT2D eigenvalue weighted by Crippen LogP contribution is 2.23. The lowest BCUT2D eigenvalue weighted by molar-refractivity contribution is -0.141. The van der Waals surface area contributed by atoms with Crippen LogP contribution in [0.25, 0.3) is 0 Å².